The third-order valence-electron chi connectivity index (χ3n) is 5.11. The highest BCUT2D eigenvalue weighted by Gasteiger charge is 2.42. The predicted octanol–water partition coefficient (Wildman–Crippen LogP) is -0.196. The number of aromatic amines is 1. The van der Waals surface area contributed by atoms with Gasteiger partial charge in [-0.15, -0.1) is 0 Å². The zero-order valence-corrected chi connectivity index (χ0v) is 23.1. The third-order valence-corrected chi connectivity index (χ3v) is 9.74. The average Bonchev–Trinajstić information content (AvgIpc) is 3.40. The molecule has 4 heterocycles. The van der Waals surface area contributed by atoms with E-state index < -0.39 is 79.3 Å². The van der Waals surface area contributed by atoms with E-state index in [-0.39, 0.29) is 23.5 Å². The van der Waals surface area contributed by atoms with Gasteiger partial charge < -0.3 is 28.5 Å². The van der Waals surface area contributed by atoms with Gasteiger partial charge in [0.2, 0.25) is 11.9 Å². The molecule has 2 unspecified atom stereocenters. The summed E-state index contributed by atoms with van der Waals surface area (Å²) in [7, 11) is -12.2. The molecule has 2 N–H and O–H groups in total. The number of aromatic nitrogens is 4. The van der Waals surface area contributed by atoms with Gasteiger partial charge in [0.1, 0.15) is 25.0 Å². The van der Waals surface area contributed by atoms with Crippen LogP contribution in [0.25, 0.3) is 11.2 Å². The first-order valence-electron chi connectivity index (χ1n) is 11.0. The molecule has 39 heavy (non-hydrogen) atoms. The number of esters is 1. The summed E-state index contributed by atoms with van der Waals surface area (Å²) in [6.45, 7) is 2.36. The number of phosphoric acid groups is 2. The van der Waals surface area contributed by atoms with E-state index in [2.05, 4.69) is 33.2 Å². The third kappa shape index (κ3) is 7.34. The zero-order valence-electron chi connectivity index (χ0n) is 20.4. The standard InChI is InChI=1S/C17H24N5O14P3/c1-8(2)15(24)20-17-19-14-13(16(25)21-17)18-7-22(14)11-4-9(33-12(23)6-30-3)10(32-11)5-31-37-34-38(26,27)36-39(28,29)35-37/h7-11H,4-6H2,1-3H3,(H,26,27)(H,28,29)(H2,19,20,21,24,25)/p-2/t9-,10+,11+/m0/s1. The van der Waals surface area contributed by atoms with Gasteiger partial charge in [0.05, 0.1) is 12.9 Å². The lowest BCUT2D eigenvalue weighted by atomic mass is 10.2. The monoisotopic (exact) mass is 613 g/mol. The fourth-order valence-corrected chi connectivity index (χ4v) is 7.53. The number of hydrogen-bond donors (Lipinski definition) is 2. The predicted molar refractivity (Wildman–Crippen MR) is 123 cm³/mol. The van der Waals surface area contributed by atoms with Crippen LogP contribution in [0.4, 0.5) is 5.95 Å². The Morgan fingerprint density at radius 1 is 1.31 bits per heavy atom. The molecule has 2 fully saturated rings. The number of carbonyl (C=O) groups is 2. The van der Waals surface area contributed by atoms with Crippen LogP contribution >= 0.6 is 24.2 Å². The van der Waals surface area contributed by atoms with Crippen LogP contribution in [0.2, 0.25) is 0 Å². The van der Waals surface area contributed by atoms with E-state index in [9.17, 15) is 33.3 Å². The number of ether oxygens (including phenoxy) is 3. The minimum atomic E-state index is -5.25. The van der Waals surface area contributed by atoms with Gasteiger partial charge >= 0.3 is 14.6 Å². The van der Waals surface area contributed by atoms with Gasteiger partial charge in [-0.1, -0.05) is 13.8 Å². The molecule has 0 spiro atoms. The van der Waals surface area contributed by atoms with Crippen LogP contribution in [0.15, 0.2) is 11.1 Å². The lowest BCUT2D eigenvalue weighted by Gasteiger charge is -2.38. The maximum absolute atomic E-state index is 12.5. The smallest absolute Gasteiger partial charge is 0.346 e. The summed E-state index contributed by atoms with van der Waals surface area (Å²) in [5.41, 5.74) is -0.676. The molecule has 0 bridgehead atoms. The van der Waals surface area contributed by atoms with E-state index in [0.29, 0.717) is 0 Å². The number of carbonyl (C=O) groups excluding carboxylic acids is 2. The minimum absolute atomic E-state index is 0.0278. The maximum atomic E-state index is 12.5. The first-order valence-corrected chi connectivity index (χ1v) is 15.1. The Balaban J connectivity index is 1.56. The highest BCUT2D eigenvalue weighted by Crippen LogP contribution is 2.73. The Labute approximate surface area is 220 Å². The fraction of sp³-hybridized carbons (Fsp3) is 0.588. The first-order chi connectivity index (χ1) is 18.3. The molecule has 4 rings (SSSR count). The van der Waals surface area contributed by atoms with Gasteiger partial charge in [0.25, 0.3) is 21.2 Å². The van der Waals surface area contributed by atoms with Gasteiger partial charge in [-0.05, 0) is 0 Å². The molecule has 0 radical (unpaired) electrons. The molecule has 2 aliphatic rings. The summed E-state index contributed by atoms with van der Waals surface area (Å²) >= 11 is 0. The number of methoxy groups -OCH3 is 1. The second-order valence-corrected chi connectivity index (χ2v) is 12.8. The van der Waals surface area contributed by atoms with Crippen LogP contribution in [-0.4, -0.2) is 63.9 Å². The molecule has 2 aromatic heterocycles. The van der Waals surface area contributed by atoms with Crippen molar-refractivity contribution in [1.82, 2.24) is 19.5 Å². The van der Waals surface area contributed by atoms with Crippen molar-refractivity contribution in [3.63, 3.8) is 0 Å². The van der Waals surface area contributed by atoms with Crippen molar-refractivity contribution >= 4 is 53.2 Å². The molecular weight excluding hydrogens is 591 g/mol. The number of imidazole rings is 1. The lowest BCUT2D eigenvalue weighted by molar-refractivity contribution is -0.240. The van der Waals surface area contributed by atoms with Crippen molar-refractivity contribution in [2.75, 3.05) is 25.6 Å². The van der Waals surface area contributed by atoms with Crippen molar-refractivity contribution in [2.24, 2.45) is 5.92 Å². The van der Waals surface area contributed by atoms with E-state index in [1.165, 1.54) is 18.0 Å². The van der Waals surface area contributed by atoms with Gasteiger partial charge in [0.15, 0.2) is 11.2 Å². The molecule has 2 saturated heterocycles. The van der Waals surface area contributed by atoms with Crippen LogP contribution in [0.5, 0.6) is 0 Å². The largest absolute Gasteiger partial charge is 0.756 e. The van der Waals surface area contributed by atoms with E-state index >= 15 is 0 Å². The Kier molecular flexibility index (Phi) is 9.00. The molecule has 5 atom stereocenters. The maximum Gasteiger partial charge on any atom is 0.346 e. The van der Waals surface area contributed by atoms with Gasteiger partial charge in [-0.25, -0.2) is 22.7 Å². The summed E-state index contributed by atoms with van der Waals surface area (Å²) < 4.78 is 58.2. The number of amides is 1. The van der Waals surface area contributed by atoms with Crippen molar-refractivity contribution in [2.45, 2.75) is 38.7 Å². The molecule has 22 heteroatoms. The summed E-state index contributed by atoms with van der Waals surface area (Å²) in [5.74, 6) is -1.69. The second-order valence-electron chi connectivity index (χ2n) is 8.37. The Bertz CT molecular complexity index is 1370. The molecule has 2 aromatic rings. The first kappa shape index (κ1) is 29.8. The number of rotatable bonds is 9. The molecule has 216 valence electrons. The Morgan fingerprint density at radius 2 is 2.00 bits per heavy atom. The van der Waals surface area contributed by atoms with Crippen LogP contribution in [0.3, 0.4) is 0 Å². The van der Waals surface area contributed by atoms with Crippen LogP contribution in [-0.2, 0) is 50.4 Å². The van der Waals surface area contributed by atoms with Crippen molar-refractivity contribution in [3.05, 3.63) is 16.7 Å². The SMILES string of the molecule is COCC(=O)O[C@H]1C[C@H](n2cnc3c(=O)[nH]c(NC(=O)C(C)C)nc32)O[C@@H]1COP1OP(=O)([O-])OP(=O)([O-])O1. The average molecular weight is 613 g/mol. The topological polar surface area (TPSA) is 255 Å². The number of H-pyrrole nitrogens is 1. The highest BCUT2D eigenvalue weighted by molar-refractivity contribution is 7.71. The summed E-state index contributed by atoms with van der Waals surface area (Å²) in [4.78, 5) is 70.4. The zero-order chi connectivity index (χ0) is 28.5. The highest BCUT2D eigenvalue weighted by atomic mass is 31.3. The number of hydrogen-bond acceptors (Lipinski definition) is 16. The van der Waals surface area contributed by atoms with E-state index in [1.807, 2.05) is 0 Å². The van der Waals surface area contributed by atoms with E-state index in [0.717, 1.165) is 0 Å². The van der Waals surface area contributed by atoms with E-state index in [4.69, 9.17) is 18.7 Å². The Hall–Kier alpha value is -2.14. The fourth-order valence-electron chi connectivity index (χ4n) is 3.43. The number of nitrogens with one attached hydrogen (secondary N) is 2. The lowest BCUT2D eigenvalue weighted by Crippen LogP contribution is -2.32. The Morgan fingerprint density at radius 3 is 2.64 bits per heavy atom. The van der Waals surface area contributed by atoms with Crippen molar-refractivity contribution < 1.29 is 60.2 Å². The van der Waals surface area contributed by atoms with Crippen LogP contribution < -0.4 is 20.7 Å². The van der Waals surface area contributed by atoms with Crippen molar-refractivity contribution in [1.29, 1.82) is 0 Å². The number of anilines is 1. The quantitative estimate of drug-likeness (QED) is 0.274. The molecule has 0 saturated carbocycles. The second kappa shape index (κ2) is 11.8. The minimum Gasteiger partial charge on any atom is -0.756 e. The summed E-state index contributed by atoms with van der Waals surface area (Å²) in [6, 6.07) is 0. The molecule has 0 aromatic carbocycles. The van der Waals surface area contributed by atoms with Crippen molar-refractivity contribution in [3.8, 4) is 0 Å². The molecular formula is C17H22N5O14P3-2. The summed E-state index contributed by atoms with van der Waals surface area (Å²) in [6.07, 6.45) is -1.86. The molecule has 1 amide bonds. The molecule has 2 aliphatic heterocycles. The summed E-state index contributed by atoms with van der Waals surface area (Å²) in [5, 5.41) is 2.49. The number of fused-ring (bicyclic) bond motifs is 1. The van der Waals surface area contributed by atoms with Gasteiger partial charge in [0, 0.05) is 19.4 Å². The van der Waals surface area contributed by atoms with E-state index in [1.54, 1.807) is 13.8 Å². The van der Waals surface area contributed by atoms with Crippen LogP contribution in [0, 0.1) is 5.92 Å². The normalized spacial score (nSPS) is 31.0. The van der Waals surface area contributed by atoms with Crippen LogP contribution in [0.1, 0.15) is 26.5 Å². The molecule has 19 nitrogen and oxygen atoms in total. The van der Waals surface area contributed by atoms with Gasteiger partial charge in [-0.3, -0.25) is 33.6 Å². The number of nitrogens with zero attached hydrogens (tertiary/aromatic N) is 3. The van der Waals surface area contributed by atoms with Gasteiger partial charge in [-0.2, -0.15) is 4.98 Å². The molecule has 0 aliphatic carbocycles.